The molecule has 2 rings (SSSR count). The largest absolute Gasteiger partial charge is 0.480 e. The molecule has 2 fully saturated rings. The lowest BCUT2D eigenvalue weighted by atomic mass is 10.0. The normalized spacial score (nSPS) is 35.0. The van der Waals surface area contributed by atoms with Crippen LogP contribution in [0.5, 0.6) is 0 Å². The van der Waals surface area contributed by atoms with Crippen molar-refractivity contribution in [3.63, 3.8) is 0 Å². The second kappa shape index (κ2) is 3.83. The average molecular weight is 211 g/mol. The van der Waals surface area contributed by atoms with E-state index >= 15 is 0 Å². The highest BCUT2D eigenvalue weighted by Crippen LogP contribution is 2.40. The van der Waals surface area contributed by atoms with Crippen LogP contribution in [-0.2, 0) is 9.59 Å². The second-order valence-electron chi connectivity index (χ2n) is 4.70. The molecule has 3 atom stereocenters. The number of likely N-dealkylation sites (tertiary alicyclic amines) is 1. The molecule has 4 heteroatoms. The van der Waals surface area contributed by atoms with Gasteiger partial charge in [-0.2, -0.15) is 0 Å². The lowest BCUT2D eigenvalue weighted by molar-refractivity contribution is -0.152. The van der Waals surface area contributed by atoms with Crippen LogP contribution < -0.4 is 0 Å². The number of hydrogen-bond acceptors (Lipinski definition) is 2. The third-order valence-corrected chi connectivity index (χ3v) is 3.50. The summed E-state index contributed by atoms with van der Waals surface area (Å²) in [6, 6.07) is -0.570. The van der Waals surface area contributed by atoms with Crippen molar-refractivity contribution in [2.24, 2.45) is 11.8 Å². The van der Waals surface area contributed by atoms with Crippen LogP contribution in [0.1, 0.15) is 32.6 Å². The zero-order valence-corrected chi connectivity index (χ0v) is 8.98. The number of piperidine rings is 1. The molecular weight excluding hydrogens is 194 g/mol. The highest BCUT2D eigenvalue weighted by Gasteiger charge is 2.44. The van der Waals surface area contributed by atoms with Crippen LogP contribution in [-0.4, -0.2) is 34.5 Å². The van der Waals surface area contributed by atoms with Gasteiger partial charge in [-0.25, -0.2) is 4.79 Å². The maximum Gasteiger partial charge on any atom is 0.326 e. The summed E-state index contributed by atoms with van der Waals surface area (Å²) in [5, 5.41) is 9.03. The van der Waals surface area contributed by atoms with Crippen LogP contribution in [0.4, 0.5) is 0 Å². The summed E-state index contributed by atoms with van der Waals surface area (Å²) in [4.78, 5) is 24.5. The molecule has 0 aromatic rings. The van der Waals surface area contributed by atoms with Gasteiger partial charge in [0, 0.05) is 12.5 Å². The molecule has 1 aliphatic heterocycles. The summed E-state index contributed by atoms with van der Waals surface area (Å²) in [5.74, 6) is -0.232. The third-order valence-electron chi connectivity index (χ3n) is 3.50. The number of carbonyl (C=O) groups is 2. The first kappa shape index (κ1) is 10.5. The molecule has 1 saturated heterocycles. The van der Waals surface area contributed by atoms with Gasteiger partial charge in [-0.05, 0) is 31.6 Å². The van der Waals surface area contributed by atoms with Gasteiger partial charge in [0.15, 0.2) is 0 Å². The average Bonchev–Trinajstić information content (AvgIpc) is 2.94. The van der Waals surface area contributed by atoms with E-state index in [1.165, 1.54) is 0 Å². The molecule has 0 unspecified atom stereocenters. The highest BCUT2D eigenvalue weighted by atomic mass is 16.4. The SMILES string of the molecule is C[C@@H]1C[C@@H]1C(=O)N1CCCC[C@H]1C(=O)O. The quantitative estimate of drug-likeness (QED) is 0.744. The van der Waals surface area contributed by atoms with E-state index in [1.807, 2.05) is 6.92 Å². The van der Waals surface area contributed by atoms with Gasteiger partial charge in [0.25, 0.3) is 0 Å². The first-order valence-corrected chi connectivity index (χ1v) is 5.64. The Morgan fingerprint density at radius 1 is 1.33 bits per heavy atom. The molecule has 0 radical (unpaired) electrons. The van der Waals surface area contributed by atoms with E-state index in [4.69, 9.17) is 5.11 Å². The lowest BCUT2D eigenvalue weighted by Gasteiger charge is -2.33. The predicted molar refractivity (Wildman–Crippen MR) is 54.3 cm³/mol. The number of hydrogen-bond donors (Lipinski definition) is 1. The molecule has 1 saturated carbocycles. The van der Waals surface area contributed by atoms with Gasteiger partial charge in [-0.1, -0.05) is 6.92 Å². The zero-order valence-electron chi connectivity index (χ0n) is 8.98. The molecular formula is C11H17NO3. The van der Waals surface area contributed by atoms with Crippen molar-refractivity contribution >= 4 is 11.9 Å². The van der Waals surface area contributed by atoms with Gasteiger partial charge in [-0.3, -0.25) is 4.79 Å². The molecule has 0 spiro atoms. The van der Waals surface area contributed by atoms with Crippen LogP contribution in [0.2, 0.25) is 0 Å². The van der Waals surface area contributed by atoms with Gasteiger partial charge in [-0.15, -0.1) is 0 Å². The van der Waals surface area contributed by atoms with Crippen molar-refractivity contribution in [2.75, 3.05) is 6.54 Å². The fourth-order valence-electron chi connectivity index (χ4n) is 2.33. The van der Waals surface area contributed by atoms with Crippen LogP contribution in [0.15, 0.2) is 0 Å². The molecule has 0 aromatic heterocycles. The Morgan fingerprint density at radius 3 is 2.53 bits per heavy atom. The Morgan fingerprint density at radius 2 is 2.00 bits per heavy atom. The Hall–Kier alpha value is -1.06. The standard InChI is InChI=1S/C11H17NO3/c1-7-6-8(7)10(13)12-5-3-2-4-9(12)11(14)15/h7-9H,2-6H2,1H3,(H,14,15)/t7-,8+,9+/m1/s1. The third kappa shape index (κ3) is 1.98. The summed E-state index contributed by atoms with van der Waals surface area (Å²) in [6.07, 6.45) is 3.40. The van der Waals surface area contributed by atoms with Crippen LogP contribution in [0, 0.1) is 11.8 Å². The van der Waals surface area contributed by atoms with Crippen molar-refractivity contribution in [2.45, 2.75) is 38.6 Å². The number of carbonyl (C=O) groups excluding carboxylic acids is 1. The number of amides is 1. The van der Waals surface area contributed by atoms with E-state index in [2.05, 4.69) is 0 Å². The van der Waals surface area contributed by atoms with Gasteiger partial charge in [0.1, 0.15) is 6.04 Å². The molecule has 1 N–H and O–H groups in total. The van der Waals surface area contributed by atoms with E-state index in [0.717, 1.165) is 19.3 Å². The Bertz CT molecular complexity index is 290. The van der Waals surface area contributed by atoms with Gasteiger partial charge in [0.05, 0.1) is 0 Å². The number of carboxylic acid groups (broad SMARTS) is 1. The highest BCUT2D eigenvalue weighted by molar-refractivity contribution is 5.87. The summed E-state index contributed by atoms with van der Waals surface area (Å²) < 4.78 is 0. The van der Waals surface area contributed by atoms with Crippen LogP contribution >= 0.6 is 0 Å². The van der Waals surface area contributed by atoms with Crippen LogP contribution in [0.3, 0.4) is 0 Å². The van der Waals surface area contributed by atoms with E-state index in [0.29, 0.717) is 18.9 Å². The van der Waals surface area contributed by atoms with Crippen molar-refractivity contribution < 1.29 is 14.7 Å². The first-order valence-electron chi connectivity index (χ1n) is 5.64. The summed E-state index contributed by atoms with van der Waals surface area (Å²) in [5.41, 5.74) is 0. The van der Waals surface area contributed by atoms with Crippen molar-refractivity contribution in [1.82, 2.24) is 4.90 Å². The van der Waals surface area contributed by atoms with Crippen molar-refractivity contribution in [3.8, 4) is 0 Å². The molecule has 1 aliphatic carbocycles. The monoisotopic (exact) mass is 211 g/mol. The number of carboxylic acids is 1. The number of aliphatic carboxylic acids is 1. The van der Waals surface area contributed by atoms with E-state index < -0.39 is 12.0 Å². The van der Waals surface area contributed by atoms with E-state index in [9.17, 15) is 9.59 Å². The molecule has 0 aromatic carbocycles. The fourth-order valence-corrected chi connectivity index (χ4v) is 2.33. The lowest BCUT2D eigenvalue weighted by Crippen LogP contribution is -2.48. The van der Waals surface area contributed by atoms with E-state index in [-0.39, 0.29) is 11.8 Å². The minimum atomic E-state index is -0.851. The van der Waals surface area contributed by atoms with Gasteiger partial charge >= 0.3 is 5.97 Å². The molecule has 84 valence electrons. The van der Waals surface area contributed by atoms with Crippen LogP contribution in [0.25, 0.3) is 0 Å². The predicted octanol–water partition coefficient (Wildman–Crippen LogP) is 1.11. The van der Waals surface area contributed by atoms with Gasteiger partial charge < -0.3 is 10.0 Å². The maximum atomic E-state index is 11.9. The second-order valence-corrected chi connectivity index (χ2v) is 4.70. The first-order chi connectivity index (χ1) is 7.11. The molecule has 0 bridgehead atoms. The fraction of sp³-hybridized carbons (Fsp3) is 0.818. The molecule has 15 heavy (non-hydrogen) atoms. The summed E-state index contributed by atoms with van der Waals surface area (Å²) in [7, 11) is 0. The Balaban J connectivity index is 2.04. The Labute approximate surface area is 89.3 Å². The molecule has 4 nitrogen and oxygen atoms in total. The molecule has 2 aliphatic rings. The molecule has 1 amide bonds. The maximum absolute atomic E-state index is 11.9. The minimum Gasteiger partial charge on any atom is -0.480 e. The Kier molecular flexibility index (Phi) is 2.67. The van der Waals surface area contributed by atoms with Crippen molar-refractivity contribution in [3.05, 3.63) is 0 Å². The number of nitrogens with zero attached hydrogens (tertiary/aromatic N) is 1. The van der Waals surface area contributed by atoms with E-state index in [1.54, 1.807) is 4.90 Å². The van der Waals surface area contributed by atoms with Gasteiger partial charge in [0.2, 0.25) is 5.91 Å². The number of rotatable bonds is 2. The zero-order chi connectivity index (χ0) is 11.0. The minimum absolute atomic E-state index is 0.0644. The topological polar surface area (TPSA) is 57.6 Å². The van der Waals surface area contributed by atoms with Crippen molar-refractivity contribution in [1.29, 1.82) is 0 Å². The smallest absolute Gasteiger partial charge is 0.326 e. The summed E-state index contributed by atoms with van der Waals surface area (Å²) >= 11 is 0. The molecule has 1 heterocycles. The summed E-state index contributed by atoms with van der Waals surface area (Å²) in [6.45, 7) is 2.67.